The Bertz CT molecular complexity index is 221. The van der Waals surface area contributed by atoms with Crippen LogP contribution < -0.4 is 5.32 Å². The van der Waals surface area contributed by atoms with Crippen LogP contribution in [0.15, 0.2) is 0 Å². The Labute approximate surface area is 114 Å². The van der Waals surface area contributed by atoms with Crippen molar-refractivity contribution in [2.45, 2.75) is 64.8 Å². The predicted octanol–water partition coefficient (Wildman–Crippen LogP) is 3.28. The molecule has 1 aliphatic carbocycles. The molecule has 0 bridgehead atoms. The zero-order chi connectivity index (χ0) is 12.8. The molecular weight excluding hydrogens is 220 g/mol. The van der Waals surface area contributed by atoms with E-state index in [9.17, 15) is 0 Å². The van der Waals surface area contributed by atoms with Gasteiger partial charge in [-0.1, -0.05) is 33.1 Å². The molecule has 2 heteroatoms. The van der Waals surface area contributed by atoms with Crippen molar-refractivity contribution in [3.8, 4) is 0 Å². The first-order chi connectivity index (χ1) is 8.79. The van der Waals surface area contributed by atoms with Gasteiger partial charge in [0, 0.05) is 6.04 Å². The number of nitrogens with zero attached hydrogens (tertiary/aromatic N) is 1. The summed E-state index contributed by atoms with van der Waals surface area (Å²) < 4.78 is 0. The van der Waals surface area contributed by atoms with Gasteiger partial charge in [0.1, 0.15) is 0 Å². The number of nitrogens with one attached hydrogen (secondary N) is 1. The summed E-state index contributed by atoms with van der Waals surface area (Å²) in [5.74, 6) is 1.90. The van der Waals surface area contributed by atoms with Gasteiger partial charge in [0.15, 0.2) is 0 Å². The van der Waals surface area contributed by atoms with E-state index in [1.54, 1.807) is 0 Å². The fourth-order valence-corrected chi connectivity index (χ4v) is 3.69. The minimum Gasteiger partial charge on any atom is -0.314 e. The number of likely N-dealkylation sites (tertiary alicyclic amines) is 1. The maximum Gasteiger partial charge on any atom is 0.00915 e. The van der Waals surface area contributed by atoms with Gasteiger partial charge in [0.05, 0.1) is 0 Å². The SMILES string of the molecule is CCCN1CCC(NCC2CCCCC2C)CC1. The van der Waals surface area contributed by atoms with Crippen LogP contribution in [-0.2, 0) is 0 Å². The molecule has 2 aliphatic rings. The molecule has 2 nitrogen and oxygen atoms in total. The van der Waals surface area contributed by atoms with Gasteiger partial charge < -0.3 is 10.2 Å². The molecule has 18 heavy (non-hydrogen) atoms. The Morgan fingerprint density at radius 2 is 1.78 bits per heavy atom. The largest absolute Gasteiger partial charge is 0.314 e. The van der Waals surface area contributed by atoms with Crippen molar-refractivity contribution in [1.82, 2.24) is 10.2 Å². The second-order valence-corrected chi connectivity index (χ2v) is 6.55. The zero-order valence-corrected chi connectivity index (χ0v) is 12.5. The van der Waals surface area contributed by atoms with Crippen LogP contribution in [0.2, 0.25) is 0 Å². The Kier molecular flexibility index (Phi) is 5.97. The van der Waals surface area contributed by atoms with Crippen molar-refractivity contribution in [2.24, 2.45) is 11.8 Å². The van der Waals surface area contributed by atoms with Gasteiger partial charge in [-0.05, 0) is 63.7 Å². The Morgan fingerprint density at radius 3 is 2.44 bits per heavy atom. The summed E-state index contributed by atoms with van der Waals surface area (Å²) in [4.78, 5) is 2.63. The normalized spacial score (nSPS) is 31.7. The molecule has 0 radical (unpaired) electrons. The third-order valence-electron chi connectivity index (χ3n) is 5.09. The molecule has 2 fully saturated rings. The van der Waals surface area contributed by atoms with E-state index in [2.05, 4.69) is 24.1 Å². The molecule has 1 saturated carbocycles. The Hall–Kier alpha value is -0.0800. The summed E-state index contributed by atoms with van der Waals surface area (Å²) in [5.41, 5.74) is 0. The van der Waals surface area contributed by atoms with Crippen LogP contribution in [0.4, 0.5) is 0 Å². The topological polar surface area (TPSA) is 15.3 Å². The highest BCUT2D eigenvalue weighted by Crippen LogP contribution is 2.29. The summed E-state index contributed by atoms with van der Waals surface area (Å²) in [6, 6.07) is 0.798. The van der Waals surface area contributed by atoms with Crippen LogP contribution in [0, 0.1) is 11.8 Å². The average molecular weight is 252 g/mol. The quantitative estimate of drug-likeness (QED) is 0.808. The van der Waals surface area contributed by atoms with Gasteiger partial charge in [-0.2, -0.15) is 0 Å². The Morgan fingerprint density at radius 1 is 1.06 bits per heavy atom. The number of piperidine rings is 1. The summed E-state index contributed by atoms with van der Waals surface area (Å²) >= 11 is 0. The molecule has 2 atom stereocenters. The Balaban J connectivity index is 1.62. The summed E-state index contributed by atoms with van der Waals surface area (Å²) in [5, 5.41) is 3.86. The fourth-order valence-electron chi connectivity index (χ4n) is 3.69. The first-order valence-corrected chi connectivity index (χ1v) is 8.25. The summed E-state index contributed by atoms with van der Waals surface area (Å²) in [7, 11) is 0. The van der Waals surface area contributed by atoms with E-state index in [0.29, 0.717) is 0 Å². The molecule has 1 heterocycles. The van der Waals surface area contributed by atoms with Crippen LogP contribution >= 0.6 is 0 Å². The standard InChI is InChI=1S/C16H32N2/c1-3-10-18-11-8-16(9-12-18)17-13-15-7-5-4-6-14(15)2/h14-17H,3-13H2,1-2H3. The van der Waals surface area contributed by atoms with Crippen molar-refractivity contribution >= 4 is 0 Å². The number of hydrogen-bond donors (Lipinski definition) is 1. The molecule has 106 valence electrons. The molecule has 2 unspecified atom stereocenters. The van der Waals surface area contributed by atoms with E-state index in [0.717, 1.165) is 17.9 Å². The fraction of sp³-hybridized carbons (Fsp3) is 1.00. The van der Waals surface area contributed by atoms with Crippen LogP contribution in [0.5, 0.6) is 0 Å². The molecule has 1 aliphatic heterocycles. The molecule has 1 N–H and O–H groups in total. The predicted molar refractivity (Wildman–Crippen MR) is 78.9 cm³/mol. The minimum absolute atomic E-state index is 0.798. The molecule has 0 amide bonds. The van der Waals surface area contributed by atoms with Gasteiger partial charge in [-0.25, -0.2) is 0 Å². The smallest absolute Gasteiger partial charge is 0.00915 e. The van der Waals surface area contributed by atoms with Crippen LogP contribution in [0.3, 0.4) is 0 Å². The zero-order valence-electron chi connectivity index (χ0n) is 12.5. The van der Waals surface area contributed by atoms with Crippen LogP contribution in [-0.4, -0.2) is 37.1 Å². The summed E-state index contributed by atoms with van der Waals surface area (Å²) in [6.07, 6.45) is 9.88. The first kappa shape index (κ1) is 14.3. The van der Waals surface area contributed by atoms with E-state index < -0.39 is 0 Å². The monoisotopic (exact) mass is 252 g/mol. The molecule has 0 aromatic heterocycles. The van der Waals surface area contributed by atoms with E-state index in [4.69, 9.17) is 0 Å². The maximum atomic E-state index is 3.86. The first-order valence-electron chi connectivity index (χ1n) is 8.25. The summed E-state index contributed by atoms with van der Waals surface area (Å²) in [6.45, 7) is 9.94. The highest BCUT2D eigenvalue weighted by Gasteiger charge is 2.23. The lowest BCUT2D eigenvalue weighted by molar-refractivity contribution is 0.182. The second kappa shape index (κ2) is 7.49. The lowest BCUT2D eigenvalue weighted by Crippen LogP contribution is -2.44. The third kappa shape index (κ3) is 4.24. The van der Waals surface area contributed by atoms with E-state index in [-0.39, 0.29) is 0 Å². The van der Waals surface area contributed by atoms with Gasteiger partial charge in [-0.15, -0.1) is 0 Å². The molecule has 0 aromatic carbocycles. The van der Waals surface area contributed by atoms with Gasteiger partial charge >= 0.3 is 0 Å². The highest BCUT2D eigenvalue weighted by molar-refractivity contribution is 4.80. The lowest BCUT2D eigenvalue weighted by atomic mass is 9.80. The molecule has 2 rings (SSSR count). The van der Waals surface area contributed by atoms with Crippen molar-refractivity contribution < 1.29 is 0 Å². The molecule has 1 saturated heterocycles. The van der Waals surface area contributed by atoms with Crippen molar-refractivity contribution in [1.29, 1.82) is 0 Å². The van der Waals surface area contributed by atoms with Crippen molar-refractivity contribution in [3.63, 3.8) is 0 Å². The van der Waals surface area contributed by atoms with Gasteiger partial charge in [0.25, 0.3) is 0 Å². The van der Waals surface area contributed by atoms with Crippen LogP contribution in [0.1, 0.15) is 58.8 Å². The number of rotatable bonds is 5. The second-order valence-electron chi connectivity index (χ2n) is 6.55. The maximum absolute atomic E-state index is 3.86. The third-order valence-corrected chi connectivity index (χ3v) is 5.09. The van der Waals surface area contributed by atoms with Crippen molar-refractivity contribution in [3.05, 3.63) is 0 Å². The van der Waals surface area contributed by atoms with Crippen molar-refractivity contribution in [2.75, 3.05) is 26.2 Å². The molecular formula is C16H32N2. The van der Waals surface area contributed by atoms with Gasteiger partial charge in [-0.3, -0.25) is 0 Å². The van der Waals surface area contributed by atoms with E-state index in [1.807, 2.05) is 0 Å². The lowest BCUT2D eigenvalue weighted by Gasteiger charge is -2.35. The minimum atomic E-state index is 0.798. The van der Waals surface area contributed by atoms with Gasteiger partial charge in [0.2, 0.25) is 0 Å². The number of hydrogen-bond acceptors (Lipinski definition) is 2. The van der Waals surface area contributed by atoms with E-state index >= 15 is 0 Å². The highest BCUT2D eigenvalue weighted by atomic mass is 15.1. The molecule has 0 spiro atoms. The van der Waals surface area contributed by atoms with E-state index in [1.165, 1.54) is 71.1 Å². The average Bonchev–Trinajstić information content (AvgIpc) is 2.40. The molecule has 0 aromatic rings. The van der Waals surface area contributed by atoms with Crippen LogP contribution in [0.25, 0.3) is 0 Å².